The number of hydrogen-bond donors (Lipinski definition) is 3. The Balaban J connectivity index is 4.46. The smallest absolute Gasteiger partial charge is 0.408 e. The molecule has 0 saturated heterocycles. The van der Waals surface area contributed by atoms with Crippen molar-refractivity contribution in [3.8, 4) is 0 Å². The molecule has 19 heavy (non-hydrogen) atoms. The Kier molecular flexibility index (Phi) is 6.31. The number of hydrogen-bond acceptors (Lipinski definition) is 4. The van der Waals surface area contributed by atoms with Gasteiger partial charge in [0.05, 0.1) is 0 Å². The summed E-state index contributed by atoms with van der Waals surface area (Å²) in [6.45, 7) is 8.17. The number of aliphatic carboxylic acids is 1. The number of carbonyl (C=O) groups is 3. The van der Waals surface area contributed by atoms with Crippen molar-refractivity contribution >= 4 is 18.0 Å². The maximum atomic E-state index is 11.7. The van der Waals surface area contributed by atoms with Crippen molar-refractivity contribution in [2.75, 3.05) is 0 Å². The zero-order chi connectivity index (χ0) is 15.2. The van der Waals surface area contributed by atoms with Crippen LogP contribution in [0.4, 0.5) is 4.79 Å². The van der Waals surface area contributed by atoms with E-state index in [9.17, 15) is 14.4 Å². The average Bonchev–Trinajstić information content (AvgIpc) is 2.22. The summed E-state index contributed by atoms with van der Waals surface area (Å²) in [5.74, 6) is -1.69. The minimum Gasteiger partial charge on any atom is -0.480 e. The number of carboxylic acid groups (broad SMARTS) is 1. The number of amides is 2. The summed E-state index contributed by atoms with van der Waals surface area (Å²) in [5, 5.41) is 13.4. The summed E-state index contributed by atoms with van der Waals surface area (Å²) in [6, 6.07) is -1.83. The molecule has 0 fully saturated rings. The number of rotatable bonds is 5. The number of carbonyl (C=O) groups excluding carboxylic acids is 2. The molecule has 3 N–H and O–H groups in total. The van der Waals surface area contributed by atoms with Crippen molar-refractivity contribution in [1.82, 2.24) is 10.6 Å². The lowest BCUT2D eigenvalue weighted by Gasteiger charge is -2.23. The Labute approximate surface area is 112 Å². The number of ether oxygens (including phenoxy) is 1. The summed E-state index contributed by atoms with van der Waals surface area (Å²) in [6.07, 6.45) is -0.380. The van der Waals surface area contributed by atoms with E-state index < -0.39 is 35.7 Å². The number of nitrogens with one attached hydrogen (secondary N) is 2. The van der Waals surface area contributed by atoms with Crippen LogP contribution in [-0.2, 0) is 14.3 Å². The molecule has 0 heterocycles. The van der Waals surface area contributed by atoms with Crippen molar-refractivity contribution in [3.63, 3.8) is 0 Å². The lowest BCUT2D eigenvalue weighted by molar-refractivity contribution is -0.141. The third-order valence-electron chi connectivity index (χ3n) is 2.14. The van der Waals surface area contributed by atoms with Crippen molar-refractivity contribution in [2.45, 2.75) is 58.7 Å². The molecule has 0 aromatic rings. The second-order valence-electron chi connectivity index (χ2n) is 5.18. The van der Waals surface area contributed by atoms with Crippen LogP contribution in [0.2, 0.25) is 0 Å². The van der Waals surface area contributed by atoms with E-state index in [1.165, 1.54) is 6.92 Å². The highest BCUT2D eigenvalue weighted by atomic mass is 16.6. The number of alkyl carbamates (subject to hydrolysis) is 1. The molecule has 0 aliphatic rings. The molecule has 7 nitrogen and oxygen atoms in total. The van der Waals surface area contributed by atoms with Crippen molar-refractivity contribution in [2.24, 2.45) is 0 Å². The van der Waals surface area contributed by atoms with E-state index in [0.29, 0.717) is 6.42 Å². The van der Waals surface area contributed by atoms with Gasteiger partial charge in [-0.25, -0.2) is 4.79 Å². The molecule has 0 rings (SSSR count). The summed E-state index contributed by atoms with van der Waals surface area (Å²) >= 11 is 0. The Morgan fingerprint density at radius 3 is 2.11 bits per heavy atom. The Hall–Kier alpha value is -1.79. The second-order valence-corrected chi connectivity index (χ2v) is 5.18. The minimum absolute atomic E-state index is 0.331. The fourth-order valence-corrected chi connectivity index (χ4v) is 1.18. The molecule has 0 bridgehead atoms. The molecule has 2 atom stereocenters. The van der Waals surface area contributed by atoms with E-state index >= 15 is 0 Å². The topological polar surface area (TPSA) is 105 Å². The van der Waals surface area contributed by atoms with Gasteiger partial charge >= 0.3 is 12.1 Å². The summed E-state index contributed by atoms with van der Waals surface area (Å²) in [5.41, 5.74) is -0.660. The van der Waals surface area contributed by atoms with Gasteiger partial charge < -0.3 is 20.5 Å². The van der Waals surface area contributed by atoms with Crippen LogP contribution in [0.5, 0.6) is 0 Å². The molecular weight excluding hydrogens is 252 g/mol. The van der Waals surface area contributed by atoms with Gasteiger partial charge in [0, 0.05) is 0 Å². The van der Waals surface area contributed by atoms with Crippen molar-refractivity contribution < 1.29 is 24.2 Å². The maximum absolute atomic E-state index is 11.7. The zero-order valence-electron chi connectivity index (χ0n) is 11.9. The number of carboxylic acids is 1. The van der Waals surface area contributed by atoms with Gasteiger partial charge in [0.15, 0.2) is 0 Å². The first-order valence-corrected chi connectivity index (χ1v) is 6.09. The van der Waals surface area contributed by atoms with Gasteiger partial charge in [-0.3, -0.25) is 9.59 Å². The first-order valence-electron chi connectivity index (χ1n) is 6.09. The van der Waals surface area contributed by atoms with Crippen LogP contribution in [0, 0.1) is 0 Å². The highest BCUT2D eigenvalue weighted by Gasteiger charge is 2.25. The van der Waals surface area contributed by atoms with Gasteiger partial charge in [0.25, 0.3) is 0 Å². The predicted octanol–water partition coefficient (Wildman–Crippen LogP) is 0.879. The Morgan fingerprint density at radius 2 is 1.74 bits per heavy atom. The van der Waals surface area contributed by atoms with Crippen LogP contribution >= 0.6 is 0 Å². The molecule has 1 unspecified atom stereocenters. The monoisotopic (exact) mass is 274 g/mol. The molecule has 0 aliphatic carbocycles. The van der Waals surface area contributed by atoms with E-state index in [4.69, 9.17) is 9.84 Å². The first kappa shape index (κ1) is 17.2. The largest absolute Gasteiger partial charge is 0.480 e. The highest BCUT2D eigenvalue weighted by Crippen LogP contribution is 2.07. The second kappa shape index (κ2) is 6.96. The summed E-state index contributed by atoms with van der Waals surface area (Å²) in [7, 11) is 0. The lowest BCUT2D eigenvalue weighted by atomic mass is 10.2. The van der Waals surface area contributed by atoms with Gasteiger partial charge in [0.1, 0.15) is 17.7 Å². The minimum atomic E-state index is -1.14. The van der Waals surface area contributed by atoms with Crippen molar-refractivity contribution in [1.29, 1.82) is 0 Å². The molecule has 0 aromatic carbocycles. The standard InChI is InChI=1S/C12H22N2O5/c1-6-8(9(15)13-7(2)10(16)17)14-11(18)19-12(3,4)5/h7-8H,6H2,1-5H3,(H,13,15)(H,14,18)(H,16,17)/t7-,8?/m0/s1. The van der Waals surface area contributed by atoms with Gasteiger partial charge in [-0.05, 0) is 34.1 Å². The van der Waals surface area contributed by atoms with Gasteiger partial charge in [0.2, 0.25) is 5.91 Å². The normalized spacial score (nSPS) is 14.2. The molecule has 0 aromatic heterocycles. The third kappa shape index (κ3) is 7.28. The fourth-order valence-electron chi connectivity index (χ4n) is 1.18. The molecule has 2 amide bonds. The molecule has 0 radical (unpaired) electrons. The molecule has 110 valence electrons. The maximum Gasteiger partial charge on any atom is 0.408 e. The van der Waals surface area contributed by atoms with E-state index in [1.807, 2.05) is 0 Å². The SMILES string of the molecule is CCC(NC(=O)OC(C)(C)C)C(=O)N[C@@H](C)C(=O)O. The Bertz CT molecular complexity index is 349. The predicted molar refractivity (Wildman–Crippen MR) is 68.7 cm³/mol. The lowest BCUT2D eigenvalue weighted by Crippen LogP contribution is -2.51. The highest BCUT2D eigenvalue weighted by molar-refractivity contribution is 5.89. The summed E-state index contributed by atoms with van der Waals surface area (Å²) < 4.78 is 5.03. The van der Waals surface area contributed by atoms with E-state index in [-0.39, 0.29) is 0 Å². The Morgan fingerprint density at radius 1 is 1.21 bits per heavy atom. The van der Waals surface area contributed by atoms with E-state index in [0.717, 1.165) is 0 Å². The molecule has 0 aliphatic heterocycles. The molecule has 0 saturated carbocycles. The first-order chi connectivity index (χ1) is 8.56. The quantitative estimate of drug-likeness (QED) is 0.690. The zero-order valence-corrected chi connectivity index (χ0v) is 11.9. The fraction of sp³-hybridized carbons (Fsp3) is 0.750. The van der Waals surface area contributed by atoms with Crippen molar-refractivity contribution in [3.05, 3.63) is 0 Å². The van der Waals surface area contributed by atoms with E-state index in [1.54, 1.807) is 27.7 Å². The molecule has 0 spiro atoms. The van der Waals surface area contributed by atoms with Gasteiger partial charge in [-0.15, -0.1) is 0 Å². The average molecular weight is 274 g/mol. The van der Waals surface area contributed by atoms with Crippen LogP contribution < -0.4 is 10.6 Å². The van der Waals surface area contributed by atoms with Crippen LogP contribution in [0.25, 0.3) is 0 Å². The van der Waals surface area contributed by atoms with Crippen LogP contribution in [0.1, 0.15) is 41.0 Å². The van der Waals surface area contributed by atoms with Gasteiger partial charge in [-0.2, -0.15) is 0 Å². The van der Waals surface area contributed by atoms with Crippen LogP contribution in [0.15, 0.2) is 0 Å². The third-order valence-corrected chi connectivity index (χ3v) is 2.14. The molecule has 7 heteroatoms. The van der Waals surface area contributed by atoms with E-state index in [2.05, 4.69) is 10.6 Å². The summed E-state index contributed by atoms with van der Waals surface area (Å²) in [4.78, 5) is 33.9. The van der Waals surface area contributed by atoms with Crippen LogP contribution in [-0.4, -0.2) is 40.8 Å². The molecular formula is C12H22N2O5. The van der Waals surface area contributed by atoms with Gasteiger partial charge in [-0.1, -0.05) is 6.92 Å². The van der Waals surface area contributed by atoms with Crippen LogP contribution in [0.3, 0.4) is 0 Å².